The number of hydrogen-bond donors (Lipinski definition) is 0. The molecule has 0 radical (unpaired) electrons. The van der Waals surface area contributed by atoms with Gasteiger partial charge >= 0.3 is 0 Å². The fraction of sp³-hybridized carbons (Fsp3) is 0.120. The molecule has 2 atom stereocenters. The summed E-state index contributed by atoms with van der Waals surface area (Å²) in [5.74, 6) is 0.343. The Bertz CT molecular complexity index is 3940. The summed E-state index contributed by atoms with van der Waals surface area (Å²) in [4.78, 5) is 2.41. The van der Waals surface area contributed by atoms with Gasteiger partial charge in [0, 0.05) is 34.3 Å². The van der Waals surface area contributed by atoms with Crippen molar-refractivity contribution in [3.63, 3.8) is 0 Å². The largest absolute Gasteiger partial charge is 0.310 e. The van der Waals surface area contributed by atoms with Gasteiger partial charge < -0.3 is 4.90 Å². The molecular weight excluding hydrogens is 915 g/mol. The van der Waals surface area contributed by atoms with E-state index in [4.69, 9.17) is 0 Å². The van der Waals surface area contributed by atoms with E-state index in [0.717, 1.165) is 0 Å². The van der Waals surface area contributed by atoms with E-state index in [1.54, 1.807) is 0 Å². The van der Waals surface area contributed by atoms with Crippen LogP contribution in [-0.4, -0.2) is 0 Å². The lowest BCUT2D eigenvalue weighted by Gasteiger charge is -2.56. The lowest BCUT2D eigenvalue weighted by molar-refractivity contribution is 0.254. The normalized spacial score (nSPS) is 18.5. The Kier molecular flexibility index (Phi) is 9.53. The highest BCUT2D eigenvalue weighted by molar-refractivity contribution is 5.91. The molecule has 10 aromatic rings. The number of hydrogen-bond acceptors (Lipinski definition) is 1. The Hall–Kier alpha value is -8.78. The first-order chi connectivity index (χ1) is 37.7. The number of rotatable bonds is 6. The van der Waals surface area contributed by atoms with E-state index in [0.29, 0.717) is 0 Å². The Morgan fingerprint density at radius 3 is 1.30 bits per heavy atom. The number of fused-ring (bicyclic) bond motifs is 21. The van der Waals surface area contributed by atoms with Crippen molar-refractivity contribution in [3.05, 3.63) is 317 Å². The highest BCUT2D eigenvalue weighted by Gasteiger charge is 2.64. The van der Waals surface area contributed by atoms with Gasteiger partial charge in [-0.25, -0.2) is 0 Å². The number of para-hydroxylation sites is 2. The van der Waals surface area contributed by atoms with Gasteiger partial charge in [-0.1, -0.05) is 243 Å². The molecule has 0 aromatic heterocycles. The third-order valence-electron chi connectivity index (χ3n) is 18.8. The monoisotopic (exact) mass is 969 g/mol. The molecule has 3 spiro atoms. The van der Waals surface area contributed by atoms with E-state index in [2.05, 4.69) is 278 Å². The molecule has 0 amide bonds. The van der Waals surface area contributed by atoms with Gasteiger partial charge in [0.2, 0.25) is 0 Å². The van der Waals surface area contributed by atoms with Gasteiger partial charge in [0.1, 0.15) is 0 Å². The van der Waals surface area contributed by atoms with Crippen molar-refractivity contribution in [1.82, 2.24) is 0 Å². The van der Waals surface area contributed by atoms with Crippen LogP contribution in [0, 0.1) is 11.8 Å². The molecule has 16 rings (SSSR count). The van der Waals surface area contributed by atoms with Crippen molar-refractivity contribution in [2.45, 2.75) is 41.9 Å². The van der Waals surface area contributed by atoms with Gasteiger partial charge in [0.25, 0.3) is 0 Å². The van der Waals surface area contributed by atoms with E-state index in [-0.39, 0.29) is 22.7 Å². The Labute approximate surface area is 446 Å². The van der Waals surface area contributed by atoms with Gasteiger partial charge in [0.05, 0.1) is 10.8 Å². The van der Waals surface area contributed by atoms with Crippen LogP contribution < -0.4 is 4.90 Å². The molecule has 76 heavy (non-hydrogen) atoms. The minimum atomic E-state index is -0.397. The fourth-order valence-electron chi connectivity index (χ4n) is 15.9. The second-order valence-electron chi connectivity index (χ2n) is 22.2. The Morgan fingerprint density at radius 2 is 0.750 bits per heavy atom. The predicted molar refractivity (Wildman–Crippen MR) is 315 cm³/mol. The highest BCUT2D eigenvalue weighted by Crippen LogP contribution is 2.70. The van der Waals surface area contributed by atoms with Crippen molar-refractivity contribution < 1.29 is 0 Å². The van der Waals surface area contributed by atoms with Gasteiger partial charge in [-0.15, -0.1) is 0 Å². The van der Waals surface area contributed by atoms with Crippen LogP contribution in [0.15, 0.2) is 261 Å². The van der Waals surface area contributed by atoms with Crippen molar-refractivity contribution in [3.8, 4) is 44.5 Å². The summed E-state index contributed by atoms with van der Waals surface area (Å²) in [5.41, 5.74) is 27.4. The summed E-state index contributed by atoms with van der Waals surface area (Å²) in [6.07, 6.45) is 19.3. The fourth-order valence-corrected chi connectivity index (χ4v) is 15.9. The highest BCUT2D eigenvalue weighted by atomic mass is 15.1. The number of allylic oxidation sites excluding steroid dienone is 4. The van der Waals surface area contributed by atoms with Crippen LogP contribution in [0.5, 0.6) is 0 Å². The molecule has 2 unspecified atom stereocenters. The maximum absolute atomic E-state index is 2.60. The first-order valence-corrected chi connectivity index (χ1v) is 27.5. The smallest absolute Gasteiger partial charge is 0.0535 e. The van der Waals surface area contributed by atoms with Gasteiger partial charge in [-0.05, 0) is 155 Å². The van der Waals surface area contributed by atoms with Crippen LogP contribution in [0.2, 0.25) is 0 Å². The van der Waals surface area contributed by atoms with E-state index < -0.39 is 5.41 Å². The van der Waals surface area contributed by atoms with Gasteiger partial charge in [-0.3, -0.25) is 0 Å². The molecule has 360 valence electrons. The van der Waals surface area contributed by atoms with Crippen molar-refractivity contribution >= 4 is 29.2 Å². The molecule has 6 aliphatic rings. The number of anilines is 3. The van der Waals surface area contributed by atoms with Crippen molar-refractivity contribution in [2.75, 3.05) is 4.90 Å². The quantitative estimate of drug-likeness (QED) is 0.150. The lowest BCUT2D eigenvalue weighted by atomic mass is 9.45. The van der Waals surface area contributed by atoms with E-state index in [1.165, 1.54) is 143 Å². The summed E-state index contributed by atoms with van der Waals surface area (Å²) in [7, 11) is 0. The third kappa shape index (κ3) is 5.92. The molecule has 0 heterocycles. The minimum absolute atomic E-state index is 0.0242. The Morgan fingerprint density at radius 1 is 0.316 bits per heavy atom. The minimum Gasteiger partial charge on any atom is -0.310 e. The van der Waals surface area contributed by atoms with Crippen LogP contribution in [0.1, 0.15) is 81.3 Å². The second kappa shape index (κ2) is 16.6. The standard InChI is InChI=1S/C75H55N/c1-3-19-54(20-4-1)76(55-21-5-2-6-22-55)56-41-43-62-61-42-37-51(47-70(61)73(71(62)49-56)45-17-18-46-73)34-33-50-35-38-52(39-36-50)53-40-44-69-72(48-53)75(65-29-13-9-25-59(65)60-26-10-14-30-66(60)75)68-32-16-15-31-67(68)74(69)63-27-11-7-23-57(63)58-24-8-12-28-64(58)74/h1-16,19-44,47-49,67-68H,17-18,45-46H2/b34-33+. The molecule has 0 N–H and O–H groups in total. The van der Waals surface area contributed by atoms with Gasteiger partial charge in [-0.2, -0.15) is 0 Å². The zero-order chi connectivity index (χ0) is 50.0. The first kappa shape index (κ1) is 43.6. The SMILES string of the molecule is C1=CC2C(C=C1)C1(c3ccccc3-c3ccccc31)c1cc(-c3ccc(/C=C/c4ccc5c(c4)C4(CCCC4)c4cc(N(c6ccccc6)c6ccccc6)ccc4-5)cc3)ccc1C21c2ccccc2-c2ccccc21. The molecule has 1 fully saturated rings. The maximum Gasteiger partial charge on any atom is 0.0535 e. The van der Waals surface area contributed by atoms with Crippen LogP contribution in [0.4, 0.5) is 17.1 Å². The molecule has 0 bridgehead atoms. The topological polar surface area (TPSA) is 3.24 Å². The molecule has 0 saturated heterocycles. The molecular formula is C75H55N. The molecule has 1 saturated carbocycles. The molecule has 0 aliphatic heterocycles. The van der Waals surface area contributed by atoms with Crippen LogP contribution in [-0.2, 0) is 16.2 Å². The number of benzene rings is 10. The average Bonchev–Trinajstić information content (AvgIpc) is 4.36. The van der Waals surface area contributed by atoms with E-state index in [9.17, 15) is 0 Å². The van der Waals surface area contributed by atoms with Crippen LogP contribution in [0.3, 0.4) is 0 Å². The van der Waals surface area contributed by atoms with Crippen molar-refractivity contribution in [1.29, 1.82) is 0 Å². The Balaban J connectivity index is 0.782. The molecule has 10 aromatic carbocycles. The van der Waals surface area contributed by atoms with Crippen LogP contribution >= 0.6 is 0 Å². The lowest BCUT2D eigenvalue weighted by Crippen LogP contribution is -2.53. The van der Waals surface area contributed by atoms with E-state index in [1.807, 2.05) is 0 Å². The van der Waals surface area contributed by atoms with E-state index >= 15 is 0 Å². The zero-order valence-corrected chi connectivity index (χ0v) is 42.4. The third-order valence-corrected chi connectivity index (χ3v) is 18.8. The first-order valence-electron chi connectivity index (χ1n) is 27.5. The van der Waals surface area contributed by atoms with Crippen molar-refractivity contribution in [2.24, 2.45) is 11.8 Å². The summed E-state index contributed by atoms with van der Waals surface area (Å²) >= 11 is 0. The summed E-state index contributed by atoms with van der Waals surface area (Å²) in [6.45, 7) is 0. The molecule has 1 nitrogen and oxygen atoms in total. The summed E-state index contributed by atoms with van der Waals surface area (Å²) < 4.78 is 0. The average molecular weight is 970 g/mol. The summed E-state index contributed by atoms with van der Waals surface area (Å²) in [5, 5.41) is 0. The van der Waals surface area contributed by atoms with Gasteiger partial charge in [0.15, 0.2) is 0 Å². The molecule has 1 heteroatoms. The maximum atomic E-state index is 2.60. The molecule has 6 aliphatic carbocycles. The number of nitrogens with zero attached hydrogens (tertiary/aromatic N) is 1. The zero-order valence-electron chi connectivity index (χ0n) is 42.4. The summed E-state index contributed by atoms with van der Waals surface area (Å²) in [6, 6.07) is 90.0. The van der Waals surface area contributed by atoms with Crippen LogP contribution in [0.25, 0.3) is 56.7 Å². The predicted octanol–water partition coefficient (Wildman–Crippen LogP) is 18.8. The second-order valence-corrected chi connectivity index (χ2v) is 22.2.